The van der Waals surface area contributed by atoms with Crippen LogP contribution >= 0.6 is 11.6 Å². The van der Waals surface area contributed by atoms with Gasteiger partial charge in [-0.1, -0.05) is 41.9 Å². The zero-order valence-electron chi connectivity index (χ0n) is 16.2. The van der Waals surface area contributed by atoms with Crippen LogP contribution in [0.25, 0.3) is 11.1 Å². The number of nitrogens with two attached hydrogens (primary N) is 1. The van der Waals surface area contributed by atoms with Crippen LogP contribution in [-0.4, -0.2) is 24.2 Å². The quantitative estimate of drug-likeness (QED) is 0.588. The fourth-order valence-corrected chi connectivity index (χ4v) is 3.98. The van der Waals surface area contributed by atoms with Crippen molar-refractivity contribution < 1.29 is 28.2 Å². The third-order valence-corrected chi connectivity index (χ3v) is 5.46. The Hall–Kier alpha value is -3.16. The third-order valence-electron chi connectivity index (χ3n) is 5.09. The summed E-state index contributed by atoms with van der Waals surface area (Å²) in [7, 11) is 0. The molecule has 3 aromatic carbocycles. The summed E-state index contributed by atoms with van der Waals surface area (Å²) in [5, 5.41) is 8.63. The standard InChI is InChI=1S/C23H18ClF2NO4/c24-21-15(25)11-18-14(10-17(31-18)12-4-2-1-3-5-12)19(21)20-13(23(27)29)6-7-16(22(20)26)30-9-8-28/h1-7,11,17,28H,8-10H2,(H2,27,29). The molecule has 31 heavy (non-hydrogen) atoms. The Morgan fingerprint density at radius 3 is 2.61 bits per heavy atom. The Labute approximate surface area is 182 Å². The van der Waals surface area contributed by atoms with Crippen molar-refractivity contribution in [3.8, 4) is 22.6 Å². The molecular formula is C23H18ClF2NO4. The van der Waals surface area contributed by atoms with E-state index >= 15 is 4.39 Å². The van der Waals surface area contributed by atoms with E-state index in [0.717, 1.165) is 11.6 Å². The van der Waals surface area contributed by atoms with Crippen molar-refractivity contribution in [2.75, 3.05) is 13.2 Å². The maximum Gasteiger partial charge on any atom is 0.249 e. The molecular weight excluding hydrogens is 428 g/mol. The largest absolute Gasteiger partial charge is 0.488 e. The first-order valence-electron chi connectivity index (χ1n) is 9.51. The van der Waals surface area contributed by atoms with Crippen LogP contribution in [0.4, 0.5) is 8.78 Å². The van der Waals surface area contributed by atoms with Crippen LogP contribution in [0, 0.1) is 11.6 Å². The summed E-state index contributed by atoms with van der Waals surface area (Å²) >= 11 is 6.28. The summed E-state index contributed by atoms with van der Waals surface area (Å²) in [6, 6.07) is 13.0. The molecule has 0 bridgehead atoms. The molecule has 5 nitrogen and oxygen atoms in total. The number of halogens is 3. The Bertz CT molecular complexity index is 1150. The van der Waals surface area contributed by atoms with Gasteiger partial charge < -0.3 is 20.3 Å². The van der Waals surface area contributed by atoms with Gasteiger partial charge in [-0.25, -0.2) is 8.78 Å². The number of carbonyl (C=O) groups is 1. The number of hydrogen-bond donors (Lipinski definition) is 2. The molecule has 3 aromatic rings. The van der Waals surface area contributed by atoms with Gasteiger partial charge in [0.15, 0.2) is 11.6 Å². The normalized spacial score (nSPS) is 14.8. The van der Waals surface area contributed by atoms with E-state index in [-0.39, 0.29) is 52.8 Å². The molecule has 1 heterocycles. The number of aliphatic hydroxyl groups is 1. The van der Waals surface area contributed by atoms with E-state index in [4.69, 9.17) is 31.9 Å². The Morgan fingerprint density at radius 1 is 1.19 bits per heavy atom. The van der Waals surface area contributed by atoms with Crippen LogP contribution < -0.4 is 15.2 Å². The summed E-state index contributed by atoms with van der Waals surface area (Å²) in [4.78, 5) is 12.1. The Morgan fingerprint density at radius 2 is 1.94 bits per heavy atom. The number of ether oxygens (including phenoxy) is 2. The molecule has 8 heteroatoms. The Kier molecular flexibility index (Phi) is 5.80. The third kappa shape index (κ3) is 3.82. The lowest BCUT2D eigenvalue weighted by Crippen LogP contribution is -2.15. The molecule has 1 atom stereocenters. The lowest BCUT2D eigenvalue weighted by molar-refractivity contribution is 0.100. The lowest BCUT2D eigenvalue weighted by atomic mass is 9.91. The minimum absolute atomic E-state index is 0.00385. The van der Waals surface area contributed by atoms with Gasteiger partial charge in [-0.15, -0.1) is 0 Å². The van der Waals surface area contributed by atoms with E-state index in [9.17, 15) is 9.18 Å². The minimum Gasteiger partial charge on any atom is -0.488 e. The van der Waals surface area contributed by atoms with Gasteiger partial charge in [0.05, 0.1) is 17.2 Å². The second-order valence-electron chi connectivity index (χ2n) is 6.98. The van der Waals surface area contributed by atoms with Gasteiger partial charge in [-0.3, -0.25) is 4.79 Å². The van der Waals surface area contributed by atoms with Crippen molar-refractivity contribution in [1.29, 1.82) is 0 Å². The van der Waals surface area contributed by atoms with Crippen molar-refractivity contribution in [3.63, 3.8) is 0 Å². The number of rotatable bonds is 6. The topological polar surface area (TPSA) is 81.8 Å². The Balaban J connectivity index is 1.91. The van der Waals surface area contributed by atoms with Crippen LogP contribution in [0.1, 0.15) is 27.6 Å². The maximum absolute atomic E-state index is 15.5. The molecule has 1 amide bonds. The molecule has 0 spiro atoms. The second-order valence-corrected chi connectivity index (χ2v) is 7.36. The molecule has 1 unspecified atom stereocenters. The molecule has 1 aliphatic heterocycles. The molecule has 0 fully saturated rings. The van der Waals surface area contributed by atoms with Gasteiger partial charge in [0, 0.05) is 29.2 Å². The summed E-state index contributed by atoms with van der Waals surface area (Å²) < 4.78 is 41.3. The van der Waals surface area contributed by atoms with E-state index in [0.29, 0.717) is 5.56 Å². The monoisotopic (exact) mass is 445 g/mol. The van der Waals surface area contributed by atoms with E-state index in [1.54, 1.807) is 0 Å². The average molecular weight is 446 g/mol. The zero-order chi connectivity index (χ0) is 22.1. The highest BCUT2D eigenvalue weighted by Crippen LogP contribution is 2.48. The van der Waals surface area contributed by atoms with E-state index in [2.05, 4.69) is 0 Å². The predicted octanol–water partition coefficient (Wildman–Crippen LogP) is 4.43. The van der Waals surface area contributed by atoms with E-state index < -0.39 is 23.6 Å². The molecule has 0 saturated heterocycles. The maximum atomic E-state index is 15.5. The summed E-state index contributed by atoms with van der Waals surface area (Å²) in [5.74, 6) is -2.66. The van der Waals surface area contributed by atoms with Gasteiger partial charge >= 0.3 is 0 Å². The number of fused-ring (bicyclic) bond motifs is 1. The molecule has 4 rings (SSSR count). The van der Waals surface area contributed by atoms with Gasteiger partial charge in [0.2, 0.25) is 5.91 Å². The number of aliphatic hydroxyl groups excluding tert-OH is 1. The highest BCUT2D eigenvalue weighted by molar-refractivity contribution is 6.34. The summed E-state index contributed by atoms with van der Waals surface area (Å²) in [6.45, 7) is -0.504. The summed E-state index contributed by atoms with van der Waals surface area (Å²) in [5.41, 5.74) is 6.34. The van der Waals surface area contributed by atoms with Crippen molar-refractivity contribution >= 4 is 17.5 Å². The van der Waals surface area contributed by atoms with Crippen molar-refractivity contribution in [2.24, 2.45) is 5.73 Å². The first-order chi connectivity index (χ1) is 14.9. The molecule has 0 aliphatic carbocycles. The number of carbonyl (C=O) groups excluding carboxylic acids is 1. The number of primary amides is 1. The molecule has 0 aromatic heterocycles. The van der Waals surface area contributed by atoms with Crippen LogP contribution in [0.5, 0.6) is 11.5 Å². The van der Waals surface area contributed by atoms with Gasteiger partial charge in [0.1, 0.15) is 24.3 Å². The van der Waals surface area contributed by atoms with Crippen LogP contribution in [0.3, 0.4) is 0 Å². The van der Waals surface area contributed by atoms with Crippen LogP contribution in [-0.2, 0) is 6.42 Å². The number of amides is 1. The SMILES string of the molecule is NC(=O)c1ccc(OCCO)c(F)c1-c1c(Cl)c(F)cc2c1CC(c1ccccc1)O2. The van der Waals surface area contributed by atoms with Gasteiger partial charge in [-0.05, 0) is 17.7 Å². The highest BCUT2D eigenvalue weighted by Gasteiger charge is 2.33. The van der Waals surface area contributed by atoms with Gasteiger partial charge in [0.25, 0.3) is 0 Å². The van der Waals surface area contributed by atoms with Gasteiger partial charge in [-0.2, -0.15) is 0 Å². The van der Waals surface area contributed by atoms with Crippen molar-refractivity contribution in [2.45, 2.75) is 12.5 Å². The average Bonchev–Trinajstić information content (AvgIpc) is 3.18. The molecule has 1 aliphatic rings. The smallest absolute Gasteiger partial charge is 0.249 e. The van der Waals surface area contributed by atoms with Crippen molar-refractivity contribution in [3.05, 3.63) is 81.9 Å². The highest BCUT2D eigenvalue weighted by atomic mass is 35.5. The van der Waals surface area contributed by atoms with E-state index in [1.165, 1.54) is 12.1 Å². The lowest BCUT2D eigenvalue weighted by Gasteiger charge is -2.16. The molecule has 160 valence electrons. The fraction of sp³-hybridized carbons (Fsp3) is 0.174. The molecule has 0 saturated carbocycles. The molecule has 3 N–H and O–H groups in total. The van der Waals surface area contributed by atoms with Crippen molar-refractivity contribution in [1.82, 2.24) is 0 Å². The second kappa shape index (κ2) is 8.53. The van der Waals surface area contributed by atoms with E-state index in [1.807, 2.05) is 30.3 Å². The van der Waals surface area contributed by atoms with Crippen LogP contribution in [0.15, 0.2) is 48.5 Å². The first-order valence-corrected chi connectivity index (χ1v) is 9.89. The fourth-order valence-electron chi connectivity index (χ4n) is 3.72. The summed E-state index contributed by atoms with van der Waals surface area (Å²) in [6.07, 6.45) is -0.143. The molecule has 0 radical (unpaired) electrons. The van der Waals surface area contributed by atoms with Crippen LogP contribution in [0.2, 0.25) is 5.02 Å². The minimum atomic E-state index is -0.928. The number of benzene rings is 3. The predicted molar refractivity (Wildman–Crippen MR) is 111 cm³/mol. The zero-order valence-corrected chi connectivity index (χ0v) is 17.0. The number of hydrogen-bond acceptors (Lipinski definition) is 4. The first kappa shape index (κ1) is 21.1.